The summed E-state index contributed by atoms with van der Waals surface area (Å²) in [7, 11) is 0. The van der Waals surface area contributed by atoms with Gasteiger partial charge in [0, 0.05) is 6.42 Å². The van der Waals surface area contributed by atoms with Crippen molar-refractivity contribution in [3.63, 3.8) is 0 Å². The molecular weight excluding hydrogens is 174 g/mol. The first-order valence-electron chi connectivity index (χ1n) is 3.73. The third-order valence-corrected chi connectivity index (χ3v) is 1.38. The van der Waals surface area contributed by atoms with Gasteiger partial charge in [-0.3, -0.25) is 10.1 Å². The van der Waals surface area contributed by atoms with Crippen molar-refractivity contribution in [2.45, 2.75) is 19.4 Å². The van der Waals surface area contributed by atoms with Crippen LogP contribution in [0, 0.1) is 10.1 Å². The third-order valence-electron chi connectivity index (χ3n) is 1.38. The number of aromatic nitrogens is 2. The molecule has 0 bridgehead atoms. The first-order valence-corrected chi connectivity index (χ1v) is 3.73. The number of hydrogen-bond donors (Lipinski definition) is 1. The molecule has 1 heterocycles. The quantitative estimate of drug-likeness (QED) is 0.538. The molecular formula is C7H9N3O3. The molecule has 1 rings (SSSR count). The van der Waals surface area contributed by atoms with E-state index in [4.69, 9.17) is 5.11 Å². The van der Waals surface area contributed by atoms with Crippen LogP contribution in [0.3, 0.4) is 0 Å². The van der Waals surface area contributed by atoms with Crippen LogP contribution in [-0.4, -0.2) is 26.1 Å². The molecule has 0 fully saturated rings. The molecule has 0 saturated heterocycles. The molecule has 0 saturated carbocycles. The smallest absolute Gasteiger partial charge is 0.305 e. The van der Waals surface area contributed by atoms with Crippen LogP contribution in [0.5, 0.6) is 0 Å². The molecule has 1 aromatic rings. The lowest BCUT2D eigenvalue weighted by atomic mass is 10.3. The van der Waals surface area contributed by atoms with Crippen LogP contribution in [0.1, 0.15) is 12.7 Å². The summed E-state index contributed by atoms with van der Waals surface area (Å²) >= 11 is 0. The van der Waals surface area contributed by atoms with Gasteiger partial charge in [-0.1, -0.05) is 0 Å². The molecule has 0 aromatic carbocycles. The van der Waals surface area contributed by atoms with Crippen LogP contribution in [0.25, 0.3) is 0 Å². The number of hydrogen-bond acceptors (Lipinski definition) is 5. The Kier molecular flexibility index (Phi) is 2.86. The van der Waals surface area contributed by atoms with Crippen molar-refractivity contribution in [1.29, 1.82) is 0 Å². The van der Waals surface area contributed by atoms with Gasteiger partial charge < -0.3 is 5.11 Å². The SMILES string of the molecule is CC(O)Cc1ncc([N+](=O)[O-])cn1. The summed E-state index contributed by atoms with van der Waals surface area (Å²) in [4.78, 5) is 17.1. The summed E-state index contributed by atoms with van der Waals surface area (Å²) in [6, 6.07) is 0. The van der Waals surface area contributed by atoms with E-state index in [0.29, 0.717) is 12.2 Å². The van der Waals surface area contributed by atoms with E-state index in [2.05, 4.69) is 9.97 Å². The van der Waals surface area contributed by atoms with Crippen molar-refractivity contribution < 1.29 is 10.0 Å². The third kappa shape index (κ3) is 2.75. The van der Waals surface area contributed by atoms with Crippen LogP contribution in [-0.2, 0) is 6.42 Å². The van der Waals surface area contributed by atoms with E-state index >= 15 is 0 Å². The average molecular weight is 183 g/mol. The molecule has 1 atom stereocenters. The predicted octanol–water partition coefficient (Wildman–Crippen LogP) is 0.308. The Morgan fingerprint density at radius 2 is 2.15 bits per heavy atom. The van der Waals surface area contributed by atoms with Crippen molar-refractivity contribution in [3.05, 3.63) is 28.3 Å². The van der Waals surface area contributed by atoms with Crippen LogP contribution in [0.4, 0.5) is 5.69 Å². The predicted molar refractivity (Wildman–Crippen MR) is 44.1 cm³/mol. The van der Waals surface area contributed by atoms with Gasteiger partial charge in [0.1, 0.15) is 18.2 Å². The van der Waals surface area contributed by atoms with E-state index < -0.39 is 11.0 Å². The second kappa shape index (κ2) is 3.90. The van der Waals surface area contributed by atoms with E-state index in [1.807, 2.05) is 0 Å². The number of rotatable bonds is 3. The first-order chi connectivity index (χ1) is 6.09. The highest BCUT2D eigenvalue weighted by atomic mass is 16.6. The Bertz CT molecular complexity index is 296. The molecule has 0 aliphatic rings. The zero-order valence-corrected chi connectivity index (χ0v) is 7.04. The highest BCUT2D eigenvalue weighted by Crippen LogP contribution is 2.06. The summed E-state index contributed by atoms with van der Waals surface area (Å²) in [6.07, 6.45) is 2.02. The average Bonchev–Trinajstić information content (AvgIpc) is 2.04. The normalized spacial score (nSPS) is 12.5. The minimum atomic E-state index is -0.563. The molecule has 70 valence electrons. The van der Waals surface area contributed by atoms with E-state index in [-0.39, 0.29) is 5.69 Å². The van der Waals surface area contributed by atoms with Gasteiger partial charge in [0.15, 0.2) is 0 Å². The molecule has 6 heteroatoms. The van der Waals surface area contributed by atoms with Crippen molar-refractivity contribution in [2.24, 2.45) is 0 Å². The Labute approximate surface area is 74.4 Å². The van der Waals surface area contributed by atoms with Crippen LogP contribution in [0.2, 0.25) is 0 Å². The van der Waals surface area contributed by atoms with Crippen LogP contribution in [0.15, 0.2) is 12.4 Å². The van der Waals surface area contributed by atoms with E-state index in [0.717, 1.165) is 12.4 Å². The summed E-state index contributed by atoms with van der Waals surface area (Å²) in [6.45, 7) is 1.60. The van der Waals surface area contributed by atoms with Gasteiger partial charge >= 0.3 is 5.69 Å². The van der Waals surface area contributed by atoms with Gasteiger partial charge in [-0.2, -0.15) is 0 Å². The maximum Gasteiger partial charge on any atom is 0.305 e. The molecule has 1 N–H and O–H groups in total. The zero-order chi connectivity index (χ0) is 9.84. The van der Waals surface area contributed by atoms with Crippen molar-refractivity contribution in [2.75, 3.05) is 0 Å². The Hall–Kier alpha value is -1.56. The molecule has 0 spiro atoms. The fourth-order valence-corrected chi connectivity index (χ4v) is 0.812. The second-order valence-electron chi connectivity index (χ2n) is 2.67. The fourth-order valence-electron chi connectivity index (χ4n) is 0.812. The van der Waals surface area contributed by atoms with Gasteiger partial charge in [0.25, 0.3) is 0 Å². The topological polar surface area (TPSA) is 89.2 Å². The Morgan fingerprint density at radius 1 is 1.62 bits per heavy atom. The standard InChI is InChI=1S/C7H9N3O3/c1-5(11)2-7-8-3-6(4-9-7)10(12)13/h3-5,11H,2H2,1H3. The summed E-state index contributed by atoms with van der Waals surface area (Å²) in [5.41, 5.74) is -0.144. The second-order valence-corrected chi connectivity index (χ2v) is 2.67. The highest BCUT2D eigenvalue weighted by molar-refractivity contribution is 5.20. The first kappa shape index (κ1) is 9.53. The molecule has 0 aliphatic carbocycles. The molecule has 1 unspecified atom stereocenters. The van der Waals surface area contributed by atoms with Gasteiger partial charge in [-0.15, -0.1) is 0 Å². The number of nitrogens with zero attached hydrogens (tertiary/aromatic N) is 3. The molecule has 0 radical (unpaired) electrons. The van der Waals surface area contributed by atoms with E-state index in [9.17, 15) is 10.1 Å². The van der Waals surface area contributed by atoms with Crippen molar-refractivity contribution in [3.8, 4) is 0 Å². The monoisotopic (exact) mass is 183 g/mol. The number of aliphatic hydroxyl groups excluding tert-OH is 1. The molecule has 0 amide bonds. The molecule has 0 aliphatic heterocycles. The maximum atomic E-state index is 10.2. The maximum absolute atomic E-state index is 10.2. The Morgan fingerprint density at radius 3 is 2.54 bits per heavy atom. The van der Waals surface area contributed by atoms with Gasteiger partial charge in [0.2, 0.25) is 0 Å². The van der Waals surface area contributed by atoms with Crippen LogP contribution < -0.4 is 0 Å². The van der Waals surface area contributed by atoms with E-state index in [1.54, 1.807) is 6.92 Å². The lowest BCUT2D eigenvalue weighted by Crippen LogP contribution is -2.07. The molecule has 1 aromatic heterocycles. The number of nitro groups is 1. The van der Waals surface area contributed by atoms with E-state index in [1.165, 1.54) is 0 Å². The molecule has 13 heavy (non-hydrogen) atoms. The zero-order valence-electron chi connectivity index (χ0n) is 7.04. The van der Waals surface area contributed by atoms with Crippen molar-refractivity contribution >= 4 is 5.69 Å². The Balaban J connectivity index is 2.75. The summed E-state index contributed by atoms with van der Waals surface area (Å²) in [5, 5.41) is 19.2. The summed E-state index contributed by atoms with van der Waals surface area (Å²) < 4.78 is 0. The lowest BCUT2D eigenvalue weighted by Gasteiger charge is -2.00. The fraction of sp³-hybridized carbons (Fsp3) is 0.429. The highest BCUT2D eigenvalue weighted by Gasteiger charge is 2.07. The van der Waals surface area contributed by atoms with Gasteiger partial charge in [-0.05, 0) is 6.92 Å². The summed E-state index contributed by atoms with van der Waals surface area (Å²) in [5.74, 6) is 0.403. The minimum absolute atomic E-state index is 0.144. The van der Waals surface area contributed by atoms with Gasteiger partial charge in [0.05, 0.1) is 11.0 Å². The molecule has 6 nitrogen and oxygen atoms in total. The van der Waals surface area contributed by atoms with Crippen LogP contribution >= 0.6 is 0 Å². The largest absolute Gasteiger partial charge is 0.393 e. The minimum Gasteiger partial charge on any atom is -0.393 e. The van der Waals surface area contributed by atoms with Gasteiger partial charge in [-0.25, -0.2) is 9.97 Å². The van der Waals surface area contributed by atoms with Crippen molar-refractivity contribution in [1.82, 2.24) is 9.97 Å². The number of aliphatic hydroxyl groups is 1. The lowest BCUT2D eigenvalue weighted by molar-refractivity contribution is -0.385.